The summed E-state index contributed by atoms with van der Waals surface area (Å²) in [7, 11) is -3.15. The second-order valence-corrected chi connectivity index (χ2v) is 5.70. The van der Waals surface area contributed by atoms with Crippen LogP contribution < -0.4 is 0 Å². The van der Waals surface area contributed by atoms with Crippen molar-refractivity contribution in [3.8, 4) is 0 Å². The molecule has 6 heteroatoms. The van der Waals surface area contributed by atoms with E-state index in [2.05, 4.69) is 0 Å². The highest BCUT2D eigenvalue weighted by Gasteiger charge is 2.13. The van der Waals surface area contributed by atoms with Crippen molar-refractivity contribution in [2.45, 2.75) is 19.1 Å². The second kappa shape index (κ2) is 5.07. The van der Waals surface area contributed by atoms with Crippen molar-refractivity contribution in [3.05, 3.63) is 39.9 Å². The van der Waals surface area contributed by atoms with Gasteiger partial charge in [0, 0.05) is 12.1 Å². The quantitative estimate of drug-likeness (QED) is 0.584. The lowest BCUT2D eigenvalue weighted by atomic mass is 10.2. The Balaban J connectivity index is 2.90. The highest BCUT2D eigenvalue weighted by Crippen LogP contribution is 2.15. The van der Waals surface area contributed by atoms with E-state index in [0.717, 1.165) is 0 Å². The van der Waals surface area contributed by atoms with E-state index in [-0.39, 0.29) is 17.2 Å². The maximum absolute atomic E-state index is 11.5. The van der Waals surface area contributed by atoms with Crippen LogP contribution in [0.2, 0.25) is 0 Å². The Labute approximate surface area is 94.2 Å². The summed E-state index contributed by atoms with van der Waals surface area (Å²) in [5.74, 6) is -0.0296. The molecule has 0 heterocycles. The Bertz CT molecular complexity index is 481. The van der Waals surface area contributed by atoms with Crippen LogP contribution in [0.15, 0.2) is 24.3 Å². The fraction of sp³-hybridized carbons (Fsp3) is 0.400. The summed E-state index contributed by atoms with van der Waals surface area (Å²) < 4.78 is 23.0. The van der Waals surface area contributed by atoms with Crippen LogP contribution in [0.3, 0.4) is 0 Å². The second-order valence-electron chi connectivity index (χ2n) is 3.52. The van der Waals surface area contributed by atoms with Gasteiger partial charge in [-0.15, -0.1) is 0 Å². The lowest BCUT2D eigenvalue weighted by molar-refractivity contribution is -0.384. The summed E-state index contributed by atoms with van der Waals surface area (Å²) in [4.78, 5) is 9.97. The predicted octanol–water partition coefficient (Wildman–Crippen LogP) is 1.92. The summed E-state index contributed by atoms with van der Waals surface area (Å²) in [5, 5.41) is 10.5. The molecule has 0 radical (unpaired) electrons. The van der Waals surface area contributed by atoms with Gasteiger partial charge in [-0.2, -0.15) is 0 Å². The Morgan fingerprint density at radius 1 is 1.38 bits per heavy atom. The molecule has 5 nitrogen and oxygen atoms in total. The molecular weight excluding hydrogens is 230 g/mol. The van der Waals surface area contributed by atoms with Gasteiger partial charge in [0.1, 0.15) is 0 Å². The molecule has 1 aromatic carbocycles. The minimum Gasteiger partial charge on any atom is -0.258 e. The topological polar surface area (TPSA) is 77.3 Å². The third-order valence-corrected chi connectivity index (χ3v) is 3.83. The van der Waals surface area contributed by atoms with Crippen LogP contribution in [0.4, 0.5) is 5.69 Å². The van der Waals surface area contributed by atoms with Crippen molar-refractivity contribution in [2.75, 3.05) is 5.75 Å². The molecule has 0 spiro atoms. The van der Waals surface area contributed by atoms with Gasteiger partial charge in [-0.3, -0.25) is 10.1 Å². The molecule has 0 aliphatic heterocycles. The Morgan fingerprint density at radius 3 is 2.62 bits per heavy atom. The molecule has 0 saturated carbocycles. The van der Waals surface area contributed by atoms with Gasteiger partial charge in [0.05, 0.1) is 16.4 Å². The molecule has 88 valence electrons. The number of non-ortho nitro benzene ring substituents is 1. The van der Waals surface area contributed by atoms with Gasteiger partial charge in [-0.05, 0) is 12.0 Å². The lowest BCUT2D eigenvalue weighted by Crippen LogP contribution is -2.08. The van der Waals surface area contributed by atoms with E-state index in [0.29, 0.717) is 12.0 Å². The van der Waals surface area contributed by atoms with Crippen molar-refractivity contribution < 1.29 is 13.3 Å². The van der Waals surface area contributed by atoms with E-state index in [1.54, 1.807) is 13.0 Å². The van der Waals surface area contributed by atoms with E-state index in [9.17, 15) is 18.5 Å². The van der Waals surface area contributed by atoms with Crippen LogP contribution in [0, 0.1) is 10.1 Å². The Kier molecular flexibility index (Phi) is 4.00. The number of nitrogens with zero attached hydrogens (tertiary/aromatic N) is 1. The molecule has 1 rings (SSSR count). The smallest absolute Gasteiger partial charge is 0.258 e. The number of nitro groups is 1. The first-order valence-electron chi connectivity index (χ1n) is 4.88. The number of hydrogen-bond donors (Lipinski definition) is 0. The van der Waals surface area contributed by atoms with Crippen LogP contribution in [-0.4, -0.2) is 19.1 Å². The lowest BCUT2D eigenvalue weighted by Gasteiger charge is -2.02. The summed E-state index contributed by atoms with van der Waals surface area (Å²) in [6, 6.07) is 5.72. The molecule has 0 N–H and O–H groups in total. The van der Waals surface area contributed by atoms with Gasteiger partial charge in [0.25, 0.3) is 5.69 Å². The molecule has 0 aliphatic rings. The third kappa shape index (κ3) is 3.62. The highest BCUT2D eigenvalue weighted by atomic mass is 32.2. The molecule has 0 unspecified atom stereocenters. The fourth-order valence-electron chi connectivity index (χ4n) is 1.40. The first kappa shape index (κ1) is 12.6. The average molecular weight is 243 g/mol. The first-order chi connectivity index (χ1) is 7.44. The van der Waals surface area contributed by atoms with Gasteiger partial charge in [-0.1, -0.05) is 19.1 Å². The van der Waals surface area contributed by atoms with E-state index in [4.69, 9.17) is 0 Å². The molecule has 1 aromatic rings. The van der Waals surface area contributed by atoms with Gasteiger partial charge >= 0.3 is 0 Å². The van der Waals surface area contributed by atoms with Crippen molar-refractivity contribution in [3.63, 3.8) is 0 Å². The third-order valence-electron chi connectivity index (χ3n) is 2.02. The highest BCUT2D eigenvalue weighted by molar-refractivity contribution is 7.90. The van der Waals surface area contributed by atoms with Gasteiger partial charge < -0.3 is 0 Å². The zero-order valence-corrected chi connectivity index (χ0v) is 9.74. The van der Waals surface area contributed by atoms with Crippen molar-refractivity contribution >= 4 is 15.5 Å². The van der Waals surface area contributed by atoms with E-state index in [1.807, 2.05) is 0 Å². The summed E-state index contributed by atoms with van der Waals surface area (Å²) >= 11 is 0. The van der Waals surface area contributed by atoms with Crippen LogP contribution in [0.5, 0.6) is 0 Å². The van der Waals surface area contributed by atoms with E-state index in [1.165, 1.54) is 18.2 Å². The first-order valence-corrected chi connectivity index (χ1v) is 6.70. The molecule has 16 heavy (non-hydrogen) atoms. The average Bonchev–Trinajstić information content (AvgIpc) is 2.17. The van der Waals surface area contributed by atoms with E-state index < -0.39 is 14.8 Å². The number of benzene rings is 1. The molecular formula is C10H13NO4S. The summed E-state index contributed by atoms with van der Waals surface area (Å²) in [6.07, 6.45) is 0.553. The maximum Gasteiger partial charge on any atom is 0.269 e. The number of rotatable bonds is 5. The molecule has 0 bridgehead atoms. The Hall–Kier alpha value is -1.43. The standard InChI is InChI=1S/C10H13NO4S/c1-2-6-16(14,15)8-9-4-3-5-10(7-9)11(12)13/h3-5,7H,2,6,8H2,1H3. The van der Waals surface area contributed by atoms with Crippen molar-refractivity contribution in [1.82, 2.24) is 0 Å². The number of sulfone groups is 1. The number of hydrogen-bond acceptors (Lipinski definition) is 4. The zero-order valence-electron chi connectivity index (χ0n) is 8.92. The van der Waals surface area contributed by atoms with E-state index >= 15 is 0 Å². The van der Waals surface area contributed by atoms with Crippen molar-refractivity contribution in [2.24, 2.45) is 0 Å². The largest absolute Gasteiger partial charge is 0.269 e. The number of nitro benzene ring substituents is 1. The van der Waals surface area contributed by atoms with Gasteiger partial charge in [0.15, 0.2) is 9.84 Å². The minimum absolute atomic E-state index is 0.0794. The predicted molar refractivity (Wildman–Crippen MR) is 60.9 cm³/mol. The zero-order chi connectivity index (χ0) is 12.2. The summed E-state index contributed by atoms with van der Waals surface area (Å²) in [6.45, 7) is 1.78. The molecule has 0 aliphatic carbocycles. The normalized spacial score (nSPS) is 11.3. The van der Waals surface area contributed by atoms with Crippen LogP contribution in [0.1, 0.15) is 18.9 Å². The van der Waals surface area contributed by atoms with Crippen molar-refractivity contribution in [1.29, 1.82) is 0 Å². The Morgan fingerprint density at radius 2 is 2.06 bits per heavy atom. The van der Waals surface area contributed by atoms with Crippen LogP contribution in [-0.2, 0) is 15.6 Å². The SMILES string of the molecule is CCCS(=O)(=O)Cc1cccc([N+](=O)[O-])c1. The minimum atomic E-state index is -3.15. The van der Waals surface area contributed by atoms with Gasteiger partial charge in [-0.25, -0.2) is 8.42 Å². The van der Waals surface area contributed by atoms with Gasteiger partial charge in [0.2, 0.25) is 0 Å². The maximum atomic E-state index is 11.5. The van der Waals surface area contributed by atoms with Crippen LogP contribution in [0.25, 0.3) is 0 Å². The molecule has 0 aromatic heterocycles. The molecule has 0 atom stereocenters. The van der Waals surface area contributed by atoms with Crippen LogP contribution >= 0.6 is 0 Å². The monoisotopic (exact) mass is 243 g/mol. The summed E-state index contributed by atoms with van der Waals surface area (Å²) in [5.41, 5.74) is 0.381. The fourth-order valence-corrected chi connectivity index (χ4v) is 2.85. The molecule has 0 fully saturated rings. The molecule has 0 saturated heterocycles. The molecule has 0 amide bonds.